The van der Waals surface area contributed by atoms with Crippen LogP contribution in [0.15, 0.2) is 26.2 Å². The van der Waals surface area contributed by atoms with Gasteiger partial charge in [0, 0.05) is 4.47 Å². The predicted octanol–water partition coefficient (Wildman–Crippen LogP) is 3.49. The van der Waals surface area contributed by atoms with Gasteiger partial charge in [0.25, 0.3) is 5.91 Å². The Hall–Kier alpha value is -1.17. The highest BCUT2D eigenvalue weighted by molar-refractivity contribution is 9.11. The highest BCUT2D eigenvalue weighted by Gasteiger charge is 2.18. The average Bonchev–Trinajstić information content (AvgIpc) is 2.87. The molecule has 2 aromatic rings. The van der Waals surface area contributed by atoms with Crippen LogP contribution in [0.2, 0.25) is 0 Å². The standard InChI is InChI=1S/C14H15Br2N5O2S2/c1-4-25-14-19-18-7(2)21(14)20-13(24)17-12(22)9-5-8(15)6-10(16)11(9)23-3/h5-6H,4H2,1-3H3,(H2,17,20,22,24). The van der Waals surface area contributed by atoms with Crippen molar-refractivity contribution in [2.45, 2.75) is 19.0 Å². The summed E-state index contributed by atoms with van der Waals surface area (Å²) in [5.74, 6) is 1.50. The molecule has 1 aromatic heterocycles. The van der Waals surface area contributed by atoms with Crippen molar-refractivity contribution in [3.8, 4) is 5.75 Å². The van der Waals surface area contributed by atoms with Crippen LogP contribution in [0.25, 0.3) is 0 Å². The number of aryl methyl sites for hydroxylation is 1. The Morgan fingerprint density at radius 3 is 2.76 bits per heavy atom. The van der Waals surface area contributed by atoms with E-state index >= 15 is 0 Å². The third kappa shape index (κ3) is 4.93. The molecule has 25 heavy (non-hydrogen) atoms. The minimum Gasteiger partial charge on any atom is -0.495 e. The van der Waals surface area contributed by atoms with Crippen molar-refractivity contribution < 1.29 is 9.53 Å². The smallest absolute Gasteiger partial charge is 0.261 e. The second-order valence-electron chi connectivity index (χ2n) is 4.66. The van der Waals surface area contributed by atoms with Crippen LogP contribution in [0.1, 0.15) is 23.1 Å². The van der Waals surface area contributed by atoms with E-state index in [1.165, 1.54) is 18.9 Å². The van der Waals surface area contributed by atoms with Crippen molar-refractivity contribution >= 4 is 66.9 Å². The van der Waals surface area contributed by atoms with Gasteiger partial charge in [-0.05, 0) is 53.0 Å². The van der Waals surface area contributed by atoms with Gasteiger partial charge in [-0.15, -0.1) is 10.2 Å². The first kappa shape index (κ1) is 20.1. The molecule has 2 N–H and O–H groups in total. The normalized spacial score (nSPS) is 10.4. The average molecular weight is 509 g/mol. The number of methoxy groups -OCH3 is 1. The number of thioether (sulfide) groups is 1. The highest BCUT2D eigenvalue weighted by atomic mass is 79.9. The zero-order chi connectivity index (χ0) is 18.6. The van der Waals surface area contributed by atoms with Crippen LogP contribution in [0.3, 0.4) is 0 Å². The van der Waals surface area contributed by atoms with Gasteiger partial charge < -0.3 is 4.74 Å². The molecule has 0 spiro atoms. The van der Waals surface area contributed by atoms with E-state index in [2.05, 4.69) is 52.8 Å². The summed E-state index contributed by atoms with van der Waals surface area (Å²) in [6.45, 7) is 3.80. The molecule has 0 aliphatic heterocycles. The number of carbonyl (C=O) groups is 1. The molecule has 0 radical (unpaired) electrons. The molecule has 0 saturated carbocycles. The Morgan fingerprint density at radius 2 is 2.12 bits per heavy atom. The zero-order valence-corrected chi connectivity index (χ0v) is 18.4. The summed E-state index contributed by atoms with van der Waals surface area (Å²) < 4.78 is 8.31. The summed E-state index contributed by atoms with van der Waals surface area (Å²) in [5.41, 5.74) is 3.26. The number of hydrogen-bond acceptors (Lipinski definition) is 6. The zero-order valence-electron chi connectivity index (χ0n) is 13.6. The lowest BCUT2D eigenvalue weighted by atomic mass is 10.2. The Bertz CT molecular complexity index is 813. The van der Waals surface area contributed by atoms with Crippen molar-refractivity contribution in [1.82, 2.24) is 20.2 Å². The number of carbonyl (C=O) groups excluding carboxylic acids is 1. The van der Waals surface area contributed by atoms with Crippen LogP contribution in [-0.2, 0) is 0 Å². The summed E-state index contributed by atoms with van der Waals surface area (Å²) in [6.07, 6.45) is 0. The Kier molecular flexibility index (Phi) is 7.23. The summed E-state index contributed by atoms with van der Waals surface area (Å²) in [5, 5.41) is 11.5. The lowest BCUT2D eigenvalue weighted by Crippen LogP contribution is -2.38. The number of aromatic nitrogens is 3. The van der Waals surface area contributed by atoms with Crippen LogP contribution in [-0.4, -0.2) is 38.8 Å². The molecule has 2 rings (SSSR count). The molecule has 134 valence electrons. The van der Waals surface area contributed by atoms with Crippen molar-refractivity contribution in [3.63, 3.8) is 0 Å². The van der Waals surface area contributed by atoms with Crippen LogP contribution < -0.4 is 15.5 Å². The van der Waals surface area contributed by atoms with Gasteiger partial charge in [-0.2, -0.15) is 0 Å². The maximum Gasteiger partial charge on any atom is 0.261 e. The lowest BCUT2D eigenvalue weighted by molar-refractivity contribution is 0.0974. The van der Waals surface area contributed by atoms with Gasteiger partial charge in [0.05, 0.1) is 17.1 Å². The van der Waals surface area contributed by atoms with Crippen LogP contribution >= 0.6 is 55.8 Å². The molecule has 0 saturated heterocycles. The first-order valence-electron chi connectivity index (χ1n) is 7.07. The second kappa shape index (κ2) is 8.97. The van der Waals surface area contributed by atoms with Crippen LogP contribution in [0.4, 0.5) is 0 Å². The molecular weight excluding hydrogens is 494 g/mol. The van der Waals surface area contributed by atoms with E-state index in [0.717, 1.165) is 10.2 Å². The van der Waals surface area contributed by atoms with E-state index in [0.29, 0.717) is 26.8 Å². The van der Waals surface area contributed by atoms with Gasteiger partial charge in [0.1, 0.15) is 11.6 Å². The molecule has 7 nitrogen and oxygen atoms in total. The molecule has 0 bridgehead atoms. The summed E-state index contributed by atoms with van der Waals surface area (Å²) in [7, 11) is 1.50. The quantitative estimate of drug-likeness (QED) is 0.472. The van der Waals surface area contributed by atoms with E-state index < -0.39 is 5.91 Å². The Balaban J connectivity index is 2.16. The molecule has 0 aliphatic rings. The number of amides is 1. The van der Waals surface area contributed by atoms with Gasteiger partial charge in [-0.1, -0.05) is 34.6 Å². The fourth-order valence-corrected chi connectivity index (χ4v) is 4.17. The lowest BCUT2D eigenvalue weighted by Gasteiger charge is -2.14. The molecule has 1 aromatic carbocycles. The monoisotopic (exact) mass is 507 g/mol. The predicted molar refractivity (Wildman–Crippen MR) is 109 cm³/mol. The number of nitrogens with one attached hydrogen (secondary N) is 2. The summed E-state index contributed by atoms with van der Waals surface area (Å²) in [6, 6.07) is 3.45. The maximum absolute atomic E-state index is 12.6. The first-order valence-corrected chi connectivity index (χ1v) is 10.1. The van der Waals surface area contributed by atoms with Crippen molar-refractivity contribution in [1.29, 1.82) is 0 Å². The maximum atomic E-state index is 12.6. The first-order chi connectivity index (χ1) is 11.9. The van der Waals surface area contributed by atoms with Crippen molar-refractivity contribution in [3.05, 3.63) is 32.5 Å². The van der Waals surface area contributed by atoms with E-state index in [-0.39, 0.29) is 5.11 Å². The molecule has 11 heteroatoms. The number of halogens is 2. The highest BCUT2D eigenvalue weighted by Crippen LogP contribution is 2.32. The Labute approximate surface area is 171 Å². The van der Waals surface area contributed by atoms with E-state index in [1.54, 1.807) is 23.7 Å². The molecule has 0 atom stereocenters. The fourth-order valence-electron chi connectivity index (χ4n) is 1.93. The number of ether oxygens (including phenoxy) is 1. The SMILES string of the molecule is CCSc1nnc(C)n1NC(=S)NC(=O)c1cc(Br)cc(Br)c1OC. The Morgan fingerprint density at radius 1 is 1.40 bits per heavy atom. The van der Waals surface area contributed by atoms with Crippen LogP contribution in [0, 0.1) is 6.92 Å². The van der Waals surface area contributed by atoms with Gasteiger partial charge in [-0.25, -0.2) is 4.68 Å². The van der Waals surface area contributed by atoms with Gasteiger partial charge in [0.2, 0.25) is 5.16 Å². The molecular formula is C14H15Br2N5O2S2. The van der Waals surface area contributed by atoms with Gasteiger partial charge in [-0.3, -0.25) is 15.5 Å². The number of hydrogen-bond donors (Lipinski definition) is 2. The van der Waals surface area contributed by atoms with Gasteiger partial charge >= 0.3 is 0 Å². The summed E-state index contributed by atoms with van der Waals surface area (Å²) in [4.78, 5) is 12.6. The molecule has 0 unspecified atom stereocenters. The minimum absolute atomic E-state index is 0.129. The molecule has 1 heterocycles. The number of rotatable bonds is 5. The van der Waals surface area contributed by atoms with Crippen molar-refractivity contribution in [2.24, 2.45) is 0 Å². The van der Waals surface area contributed by atoms with E-state index in [4.69, 9.17) is 17.0 Å². The molecule has 0 fully saturated rings. The molecule has 1 amide bonds. The van der Waals surface area contributed by atoms with Gasteiger partial charge in [0.15, 0.2) is 5.11 Å². The number of benzene rings is 1. The van der Waals surface area contributed by atoms with E-state index in [9.17, 15) is 4.79 Å². The number of nitrogens with zero attached hydrogens (tertiary/aromatic N) is 3. The largest absolute Gasteiger partial charge is 0.495 e. The fraction of sp³-hybridized carbons (Fsp3) is 0.286. The van der Waals surface area contributed by atoms with Crippen molar-refractivity contribution in [2.75, 3.05) is 18.3 Å². The summed E-state index contributed by atoms with van der Waals surface area (Å²) >= 11 is 13.5. The third-order valence-corrected chi connectivity index (χ3v) is 5.02. The topological polar surface area (TPSA) is 81.1 Å². The van der Waals surface area contributed by atoms with E-state index in [1.807, 2.05) is 6.92 Å². The number of thiocarbonyl (C=S) groups is 1. The van der Waals surface area contributed by atoms with Crippen LogP contribution in [0.5, 0.6) is 5.75 Å². The minimum atomic E-state index is -0.397. The molecule has 0 aliphatic carbocycles. The second-order valence-corrected chi connectivity index (χ2v) is 8.07. The third-order valence-electron chi connectivity index (χ3n) is 2.97.